The molecule has 0 aliphatic heterocycles. The SMILES string of the molecule is CCOc1c(Br)cc(Br)cc1C=NNc1ccc(S(N)(=O)=O)cc1. The Morgan fingerprint density at radius 3 is 2.50 bits per heavy atom. The Bertz CT molecular complexity index is 853. The van der Waals surface area contributed by atoms with Gasteiger partial charge in [0.15, 0.2) is 0 Å². The highest BCUT2D eigenvalue weighted by atomic mass is 79.9. The zero-order chi connectivity index (χ0) is 17.7. The Morgan fingerprint density at radius 1 is 1.25 bits per heavy atom. The molecule has 0 spiro atoms. The summed E-state index contributed by atoms with van der Waals surface area (Å²) >= 11 is 6.88. The van der Waals surface area contributed by atoms with Crippen LogP contribution in [0.3, 0.4) is 0 Å². The summed E-state index contributed by atoms with van der Waals surface area (Å²) in [4.78, 5) is 0.0478. The van der Waals surface area contributed by atoms with Crippen molar-refractivity contribution in [2.75, 3.05) is 12.0 Å². The van der Waals surface area contributed by atoms with Gasteiger partial charge in [-0.3, -0.25) is 5.43 Å². The number of ether oxygens (including phenoxy) is 1. The van der Waals surface area contributed by atoms with Crippen LogP contribution in [0.25, 0.3) is 0 Å². The van der Waals surface area contributed by atoms with Crippen LogP contribution in [-0.4, -0.2) is 21.2 Å². The second-order valence-corrected chi connectivity index (χ2v) is 8.01. The van der Waals surface area contributed by atoms with Crippen LogP contribution in [0.4, 0.5) is 5.69 Å². The third-order valence-electron chi connectivity index (χ3n) is 2.91. The number of anilines is 1. The summed E-state index contributed by atoms with van der Waals surface area (Å²) in [5.41, 5.74) is 4.24. The summed E-state index contributed by atoms with van der Waals surface area (Å²) in [5, 5.41) is 9.21. The van der Waals surface area contributed by atoms with Crippen molar-refractivity contribution in [1.82, 2.24) is 0 Å². The van der Waals surface area contributed by atoms with E-state index in [2.05, 4.69) is 42.4 Å². The third-order valence-corrected chi connectivity index (χ3v) is 4.88. The lowest BCUT2D eigenvalue weighted by Gasteiger charge is -2.10. The third kappa shape index (κ3) is 5.04. The normalized spacial score (nSPS) is 11.7. The molecule has 0 amide bonds. The van der Waals surface area contributed by atoms with Gasteiger partial charge in [0, 0.05) is 10.0 Å². The Labute approximate surface area is 157 Å². The minimum absolute atomic E-state index is 0.0478. The Hall–Kier alpha value is -1.42. The summed E-state index contributed by atoms with van der Waals surface area (Å²) < 4.78 is 29.7. The first kappa shape index (κ1) is 18.9. The number of nitrogens with zero attached hydrogens (tertiary/aromatic N) is 1. The van der Waals surface area contributed by atoms with E-state index in [4.69, 9.17) is 9.88 Å². The van der Waals surface area contributed by atoms with Gasteiger partial charge in [-0.05, 0) is 59.3 Å². The monoisotopic (exact) mass is 475 g/mol. The van der Waals surface area contributed by atoms with Gasteiger partial charge in [0.2, 0.25) is 10.0 Å². The molecule has 0 saturated carbocycles. The van der Waals surface area contributed by atoms with Crippen molar-refractivity contribution < 1.29 is 13.2 Å². The van der Waals surface area contributed by atoms with Crippen molar-refractivity contribution in [3.8, 4) is 5.75 Å². The van der Waals surface area contributed by atoms with Gasteiger partial charge in [-0.2, -0.15) is 5.10 Å². The fraction of sp³-hybridized carbons (Fsp3) is 0.133. The first-order valence-electron chi connectivity index (χ1n) is 6.85. The molecule has 0 unspecified atom stereocenters. The largest absolute Gasteiger partial charge is 0.492 e. The average Bonchev–Trinajstić information content (AvgIpc) is 2.50. The molecule has 2 rings (SSSR count). The second-order valence-electron chi connectivity index (χ2n) is 4.68. The molecule has 2 aromatic carbocycles. The number of halogens is 2. The van der Waals surface area contributed by atoms with Crippen LogP contribution in [0.2, 0.25) is 0 Å². The number of benzene rings is 2. The average molecular weight is 477 g/mol. The number of hydrazone groups is 1. The van der Waals surface area contributed by atoms with Crippen molar-refractivity contribution in [2.45, 2.75) is 11.8 Å². The molecule has 3 N–H and O–H groups in total. The number of sulfonamides is 1. The van der Waals surface area contributed by atoms with Crippen LogP contribution < -0.4 is 15.3 Å². The predicted octanol–water partition coefficient (Wildman–Crippen LogP) is 3.70. The van der Waals surface area contributed by atoms with Crippen LogP contribution in [0.15, 0.2) is 55.3 Å². The topological polar surface area (TPSA) is 93.8 Å². The highest BCUT2D eigenvalue weighted by Crippen LogP contribution is 2.32. The minimum Gasteiger partial charge on any atom is -0.492 e. The maximum atomic E-state index is 11.2. The lowest BCUT2D eigenvalue weighted by atomic mass is 10.2. The molecule has 0 radical (unpaired) electrons. The summed E-state index contributed by atoms with van der Waals surface area (Å²) in [7, 11) is -3.70. The first-order chi connectivity index (χ1) is 11.3. The number of nitrogens with two attached hydrogens (primary N) is 1. The van der Waals surface area contributed by atoms with Crippen LogP contribution in [-0.2, 0) is 10.0 Å². The van der Waals surface area contributed by atoms with Crippen molar-refractivity contribution in [2.24, 2.45) is 10.2 Å². The molecule has 0 saturated heterocycles. The van der Waals surface area contributed by atoms with Crippen LogP contribution in [0, 0.1) is 0 Å². The molecule has 0 heterocycles. The maximum Gasteiger partial charge on any atom is 0.238 e. The molecule has 0 atom stereocenters. The quantitative estimate of drug-likeness (QED) is 0.490. The molecule has 0 aromatic heterocycles. The van der Waals surface area contributed by atoms with Crippen molar-refractivity contribution in [3.05, 3.63) is 50.9 Å². The summed E-state index contributed by atoms with van der Waals surface area (Å²) in [5.74, 6) is 0.691. The fourth-order valence-electron chi connectivity index (χ4n) is 1.87. The van der Waals surface area contributed by atoms with Crippen LogP contribution >= 0.6 is 31.9 Å². The second kappa shape index (κ2) is 8.11. The molecular weight excluding hydrogens is 462 g/mol. The van der Waals surface area contributed by atoms with E-state index in [1.165, 1.54) is 12.1 Å². The Morgan fingerprint density at radius 2 is 1.92 bits per heavy atom. The van der Waals surface area contributed by atoms with Gasteiger partial charge in [-0.15, -0.1) is 0 Å². The van der Waals surface area contributed by atoms with Crippen molar-refractivity contribution in [1.29, 1.82) is 0 Å². The van der Waals surface area contributed by atoms with E-state index in [9.17, 15) is 8.42 Å². The zero-order valence-corrected chi connectivity index (χ0v) is 16.7. The van der Waals surface area contributed by atoms with Gasteiger partial charge in [0.05, 0.1) is 27.9 Å². The van der Waals surface area contributed by atoms with Gasteiger partial charge in [-0.25, -0.2) is 13.6 Å². The van der Waals surface area contributed by atoms with Crippen molar-refractivity contribution in [3.63, 3.8) is 0 Å². The summed E-state index contributed by atoms with van der Waals surface area (Å²) in [6, 6.07) is 9.75. The van der Waals surface area contributed by atoms with E-state index in [-0.39, 0.29) is 4.90 Å². The zero-order valence-electron chi connectivity index (χ0n) is 12.7. The number of primary sulfonamides is 1. The molecule has 24 heavy (non-hydrogen) atoms. The van der Waals surface area contributed by atoms with Gasteiger partial charge >= 0.3 is 0 Å². The minimum atomic E-state index is -3.70. The van der Waals surface area contributed by atoms with Gasteiger partial charge in [-0.1, -0.05) is 15.9 Å². The summed E-state index contributed by atoms with van der Waals surface area (Å²) in [6.45, 7) is 2.43. The summed E-state index contributed by atoms with van der Waals surface area (Å²) in [6.07, 6.45) is 1.62. The number of hydrogen-bond acceptors (Lipinski definition) is 5. The highest BCUT2D eigenvalue weighted by molar-refractivity contribution is 9.11. The van der Waals surface area contributed by atoms with E-state index in [0.717, 1.165) is 14.5 Å². The molecule has 128 valence electrons. The van der Waals surface area contributed by atoms with Gasteiger partial charge in [0.1, 0.15) is 5.75 Å². The van der Waals surface area contributed by atoms with Gasteiger partial charge in [0.25, 0.3) is 0 Å². The smallest absolute Gasteiger partial charge is 0.238 e. The van der Waals surface area contributed by atoms with E-state index < -0.39 is 10.0 Å². The molecular formula is C15H15Br2N3O3S. The van der Waals surface area contributed by atoms with Gasteiger partial charge < -0.3 is 4.74 Å². The predicted molar refractivity (Wildman–Crippen MR) is 102 cm³/mol. The molecule has 6 nitrogen and oxygen atoms in total. The standard InChI is InChI=1S/C15H15Br2N3O3S/c1-2-23-15-10(7-11(16)8-14(15)17)9-19-20-12-3-5-13(6-4-12)24(18,21)22/h3-9,20H,2H2,1H3,(H2,18,21,22). The lowest BCUT2D eigenvalue weighted by Crippen LogP contribution is -2.11. The molecule has 0 fully saturated rings. The molecule has 9 heteroatoms. The highest BCUT2D eigenvalue weighted by Gasteiger charge is 2.09. The van der Waals surface area contributed by atoms with E-state index >= 15 is 0 Å². The maximum absolute atomic E-state index is 11.2. The number of nitrogens with one attached hydrogen (secondary N) is 1. The van der Waals surface area contributed by atoms with Crippen LogP contribution in [0.1, 0.15) is 12.5 Å². The Balaban J connectivity index is 2.17. The molecule has 0 aliphatic rings. The number of hydrogen-bond donors (Lipinski definition) is 2. The number of rotatable bonds is 6. The van der Waals surface area contributed by atoms with E-state index in [0.29, 0.717) is 18.0 Å². The molecule has 0 bridgehead atoms. The fourth-order valence-corrected chi connectivity index (χ4v) is 3.76. The van der Waals surface area contributed by atoms with E-state index in [1.807, 2.05) is 19.1 Å². The lowest BCUT2D eigenvalue weighted by molar-refractivity contribution is 0.337. The van der Waals surface area contributed by atoms with E-state index in [1.54, 1.807) is 18.3 Å². The van der Waals surface area contributed by atoms with Crippen LogP contribution in [0.5, 0.6) is 5.75 Å². The Kier molecular flexibility index (Phi) is 6.39. The molecule has 0 aliphatic carbocycles. The first-order valence-corrected chi connectivity index (χ1v) is 9.98. The van der Waals surface area contributed by atoms with Crippen molar-refractivity contribution >= 4 is 53.8 Å². The molecule has 2 aromatic rings.